The van der Waals surface area contributed by atoms with Crippen LogP contribution in [0.2, 0.25) is 5.02 Å². The lowest BCUT2D eigenvalue weighted by Gasteiger charge is -2.25. The van der Waals surface area contributed by atoms with E-state index in [2.05, 4.69) is 10.6 Å². The third kappa shape index (κ3) is 5.73. The van der Waals surface area contributed by atoms with Crippen LogP contribution in [0.25, 0.3) is 5.69 Å². The average Bonchev–Trinajstić information content (AvgIpc) is 3.35. The van der Waals surface area contributed by atoms with E-state index in [1.807, 2.05) is 34.0 Å². The molecule has 0 bridgehead atoms. The molecule has 1 fully saturated rings. The summed E-state index contributed by atoms with van der Waals surface area (Å²) in [6.07, 6.45) is 3.73. The maximum atomic E-state index is 12.9. The lowest BCUT2D eigenvalue weighted by molar-refractivity contribution is -0.118. The summed E-state index contributed by atoms with van der Waals surface area (Å²) in [5.41, 5.74) is 2.27. The molecule has 0 saturated carbocycles. The highest BCUT2D eigenvalue weighted by Gasteiger charge is 2.17. The summed E-state index contributed by atoms with van der Waals surface area (Å²) in [6.45, 7) is 3.11. The van der Waals surface area contributed by atoms with E-state index in [1.165, 1.54) is 7.11 Å². The highest BCUT2D eigenvalue weighted by molar-refractivity contribution is 6.33. The van der Waals surface area contributed by atoms with Gasteiger partial charge in [-0.25, -0.2) is 0 Å². The van der Waals surface area contributed by atoms with Crippen LogP contribution >= 0.6 is 11.6 Å². The highest BCUT2D eigenvalue weighted by Crippen LogP contribution is 2.30. The van der Waals surface area contributed by atoms with Crippen LogP contribution in [-0.4, -0.2) is 61.2 Å². The van der Waals surface area contributed by atoms with Crippen molar-refractivity contribution in [1.82, 2.24) is 9.47 Å². The van der Waals surface area contributed by atoms with Gasteiger partial charge >= 0.3 is 0 Å². The Balaban J connectivity index is 1.40. The number of anilines is 2. The summed E-state index contributed by atoms with van der Waals surface area (Å²) >= 11 is 6.43. The number of methoxy groups -OCH3 is 1. The molecule has 8 nitrogen and oxygen atoms in total. The Hall–Kier alpha value is -3.33. The first-order chi connectivity index (χ1) is 16.0. The number of ether oxygens (including phenoxy) is 2. The van der Waals surface area contributed by atoms with Crippen LogP contribution in [-0.2, 0) is 9.53 Å². The van der Waals surface area contributed by atoms with Crippen LogP contribution in [0.5, 0.6) is 5.75 Å². The van der Waals surface area contributed by atoms with Gasteiger partial charge in [-0.2, -0.15) is 0 Å². The zero-order valence-electron chi connectivity index (χ0n) is 18.2. The zero-order valence-corrected chi connectivity index (χ0v) is 19.0. The molecule has 33 heavy (non-hydrogen) atoms. The van der Waals surface area contributed by atoms with Crippen LogP contribution < -0.4 is 15.4 Å². The Morgan fingerprint density at radius 2 is 1.67 bits per heavy atom. The molecule has 4 rings (SSSR count). The minimum Gasteiger partial charge on any atom is -0.496 e. The predicted octanol–water partition coefficient (Wildman–Crippen LogP) is 3.66. The second kappa shape index (κ2) is 10.5. The van der Waals surface area contributed by atoms with Crippen molar-refractivity contribution in [3.8, 4) is 11.4 Å². The average molecular weight is 469 g/mol. The van der Waals surface area contributed by atoms with E-state index in [0.717, 1.165) is 13.1 Å². The molecule has 1 aliphatic rings. The molecule has 0 atom stereocenters. The van der Waals surface area contributed by atoms with Crippen molar-refractivity contribution in [3.05, 3.63) is 71.5 Å². The number of nitrogens with zero attached hydrogens (tertiary/aromatic N) is 2. The highest BCUT2D eigenvalue weighted by atomic mass is 35.5. The minimum atomic E-state index is -0.350. The molecule has 1 aliphatic heterocycles. The number of hydrogen-bond acceptors (Lipinski definition) is 5. The van der Waals surface area contributed by atoms with Crippen molar-refractivity contribution in [2.45, 2.75) is 0 Å². The van der Waals surface area contributed by atoms with Gasteiger partial charge in [0, 0.05) is 42.9 Å². The summed E-state index contributed by atoms with van der Waals surface area (Å²) < 4.78 is 12.6. The standard InChI is InChI=1S/C24H25ClN4O4/c1-32-22-15-21(29-8-2-3-9-29)20(25)14-19(22)24(31)27-18-6-4-17(5-7-18)26-23(30)16-28-10-12-33-13-11-28/h2-9,14-15H,10-13,16H2,1H3,(H,26,30)(H,27,31). The van der Waals surface area contributed by atoms with Crippen molar-refractivity contribution in [2.24, 2.45) is 0 Å². The number of hydrogen-bond donors (Lipinski definition) is 2. The maximum Gasteiger partial charge on any atom is 0.259 e. The Kier molecular flexibility index (Phi) is 7.29. The number of morpholine rings is 1. The quantitative estimate of drug-likeness (QED) is 0.552. The minimum absolute atomic E-state index is 0.0872. The fraction of sp³-hybridized carbons (Fsp3) is 0.250. The predicted molar refractivity (Wildman–Crippen MR) is 128 cm³/mol. The second-order valence-electron chi connectivity index (χ2n) is 7.56. The van der Waals surface area contributed by atoms with E-state index in [9.17, 15) is 9.59 Å². The number of amides is 2. The topological polar surface area (TPSA) is 84.8 Å². The van der Waals surface area contributed by atoms with Crippen molar-refractivity contribution in [2.75, 3.05) is 50.6 Å². The maximum absolute atomic E-state index is 12.9. The van der Waals surface area contributed by atoms with Crippen molar-refractivity contribution < 1.29 is 19.1 Å². The molecule has 0 aliphatic carbocycles. The SMILES string of the molecule is COc1cc(-n2cccc2)c(Cl)cc1C(=O)Nc1ccc(NC(=O)CN2CCOCC2)cc1. The summed E-state index contributed by atoms with van der Waals surface area (Å²) in [6, 6.07) is 14.0. The van der Waals surface area contributed by atoms with Gasteiger partial charge in [-0.05, 0) is 42.5 Å². The number of halogens is 1. The zero-order chi connectivity index (χ0) is 23.2. The molecule has 2 amide bonds. The molecule has 1 aromatic heterocycles. The largest absolute Gasteiger partial charge is 0.496 e. The number of rotatable bonds is 7. The number of carbonyl (C=O) groups is 2. The summed E-state index contributed by atoms with van der Waals surface area (Å²) in [5, 5.41) is 6.14. The lowest BCUT2D eigenvalue weighted by Crippen LogP contribution is -2.41. The van der Waals surface area contributed by atoms with Gasteiger partial charge in [0.1, 0.15) is 5.75 Å². The van der Waals surface area contributed by atoms with Crippen molar-refractivity contribution >= 4 is 34.8 Å². The Morgan fingerprint density at radius 1 is 1.03 bits per heavy atom. The van der Waals surface area contributed by atoms with Gasteiger partial charge in [0.15, 0.2) is 0 Å². The lowest BCUT2D eigenvalue weighted by atomic mass is 10.1. The van der Waals surface area contributed by atoms with E-state index in [-0.39, 0.29) is 11.8 Å². The van der Waals surface area contributed by atoms with E-state index < -0.39 is 0 Å². The molecule has 2 N–H and O–H groups in total. The monoisotopic (exact) mass is 468 g/mol. The molecule has 2 heterocycles. The molecule has 9 heteroatoms. The molecule has 2 aromatic carbocycles. The van der Waals surface area contributed by atoms with Crippen LogP contribution in [0, 0.1) is 0 Å². The number of carbonyl (C=O) groups excluding carboxylic acids is 2. The fourth-order valence-electron chi connectivity index (χ4n) is 3.58. The first-order valence-electron chi connectivity index (χ1n) is 10.6. The van der Waals surface area contributed by atoms with Gasteiger partial charge in [-0.15, -0.1) is 0 Å². The fourth-order valence-corrected chi connectivity index (χ4v) is 3.84. The van der Waals surface area contributed by atoms with Crippen LogP contribution in [0.1, 0.15) is 10.4 Å². The molecule has 3 aromatic rings. The van der Waals surface area contributed by atoms with Gasteiger partial charge in [-0.3, -0.25) is 14.5 Å². The van der Waals surface area contributed by atoms with Crippen LogP contribution in [0.4, 0.5) is 11.4 Å². The Labute approximate surface area is 197 Å². The third-order valence-corrected chi connectivity index (χ3v) is 5.60. The molecule has 0 spiro atoms. The molecular weight excluding hydrogens is 444 g/mol. The molecule has 1 saturated heterocycles. The Morgan fingerprint density at radius 3 is 2.30 bits per heavy atom. The molecule has 0 radical (unpaired) electrons. The summed E-state index contributed by atoms with van der Waals surface area (Å²) in [7, 11) is 1.51. The molecular formula is C24H25ClN4O4. The van der Waals surface area contributed by atoms with Crippen molar-refractivity contribution in [1.29, 1.82) is 0 Å². The van der Waals surface area contributed by atoms with Gasteiger partial charge in [0.05, 0.1) is 43.1 Å². The number of nitrogens with one attached hydrogen (secondary N) is 2. The van der Waals surface area contributed by atoms with Gasteiger partial charge < -0.3 is 24.7 Å². The second-order valence-corrected chi connectivity index (χ2v) is 7.97. The van der Waals surface area contributed by atoms with E-state index >= 15 is 0 Å². The normalized spacial score (nSPS) is 14.0. The Bertz CT molecular complexity index is 1110. The number of aromatic nitrogens is 1. The van der Waals surface area contributed by atoms with Crippen molar-refractivity contribution in [3.63, 3.8) is 0 Å². The van der Waals surface area contributed by atoms with Gasteiger partial charge in [0.2, 0.25) is 5.91 Å². The van der Waals surface area contributed by atoms with Crippen LogP contribution in [0.3, 0.4) is 0 Å². The first-order valence-corrected chi connectivity index (χ1v) is 10.9. The van der Waals surface area contributed by atoms with Gasteiger partial charge in [0.25, 0.3) is 5.91 Å². The molecule has 172 valence electrons. The van der Waals surface area contributed by atoms with Gasteiger partial charge in [-0.1, -0.05) is 11.6 Å². The molecule has 0 unspecified atom stereocenters. The summed E-state index contributed by atoms with van der Waals surface area (Å²) in [5.74, 6) is -0.0275. The van der Waals surface area contributed by atoms with E-state index in [0.29, 0.717) is 53.2 Å². The van der Waals surface area contributed by atoms with E-state index in [1.54, 1.807) is 36.4 Å². The smallest absolute Gasteiger partial charge is 0.259 e. The van der Waals surface area contributed by atoms with E-state index in [4.69, 9.17) is 21.1 Å². The van der Waals surface area contributed by atoms with Crippen LogP contribution in [0.15, 0.2) is 60.9 Å². The first kappa shape index (κ1) is 22.8. The number of benzene rings is 2. The third-order valence-electron chi connectivity index (χ3n) is 5.29. The summed E-state index contributed by atoms with van der Waals surface area (Å²) in [4.78, 5) is 27.2.